The number of rotatable bonds is 7. The highest BCUT2D eigenvalue weighted by Gasteiger charge is 2.38. The summed E-state index contributed by atoms with van der Waals surface area (Å²) in [5.74, 6) is 3.69. The van der Waals surface area contributed by atoms with Crippen molar-refractivity contribution in [2.45, 2.75) is 92.2 Å². The molecule has 0 amide bonds. The molecule has 2 atom stereocenters. The monoisotopic (exact) mass is 352 g/mol. The highest BCUT2D eigenvalue weighted by Crippen LogP contribution is 2.44. The van der Waals surface area contributed by atoms with Gasteiger partial charge in [0.1, 0.15) is 0 Å². The summed E-state index contributed by atoms with van der Waals surface area (Å²) in [4.78, 5) is 0. The van der Waals surface area contributed by atoms with Gasteiger partial charge in [-0.25, -0.2) is 0 Å². The first-order valence-electron chi connectivity index (χ1n) is 11.1. The van der Waals surface area contributed by atoms with E-state index in [0.29, 0.717) is 6.71 Å². The molecule has 26 heavy (non-hydrogen) atoms. The highest BCUT2D eigenvalue weighted by atomic mass is 14.3. The highest BCUT2D eigenvalue weighted by molar-refractivity contribution is 6.71. The molecule has 0 bridgehead atoms. The van der Waals surface area contributed by atoms with Gasteiger partial charge in [0.2, 0.25) is 0 Å². The van der Waals surface area contributed by atoms with Crippen molar-refractivity contribution in [2.75, 3.05) is 0 Å². The molecule has 1 heteroatoms. The van der Waals surface area contributed by atoms with Crippen LogP contribution in [0.3, 0.4) is 0 Å². The first-order chi connectivity index (χ1) is 12.3. The Hall–Kier alpha value is -0.975. The van der Waals surface area contributed by atoms with Crippen LogP contribution in [0.5, 0.6) is 0 Å². The van der Waals surface area contributed by atoms with Gasteiger partial charge in [0.05, 0.1) is 0 Å². The Morgan fingerprint density at radius 2 is 1.31 bits per heavy atom. The van der Waals surface area contributed by atoms with Crippen molar-refractivity contribution < 1.29 is 0 Å². The number of hydrogen-bond acceptors (Lipinski definition) is 0. The van der Waals surface area contributed by atoms with E-state index in [0.717, 1.165) is 29.4 Å². The van der Waals surface area contributed by atoms with Gasteiger partial charge in [-0.1, -0.05) is 126 Å². The van der Waals surface area contributed by atoms with Crippen molar-refractivity contribution in [3.63, 3.8) is 0 Å². The summed E-state index contributed by atoms with van der Waals surface area (Å²) >= 11 is 0. The molecule has 1 aliphatic rings. The third-order valence-corrected chi connectivity index (χ3v) is 7.28. The molecule has 0 aromatic heterocycles. The molecule has 0 heterocycles. The molecule has 1 saturated carbocycles. The lowest BCUT2D eigenvalue weighted by Gasteiger charge is -2.39. The molecule has 1 fully saturated rings. The van der Waals surface area contributed by atoms with Crippen molar-refractivity contribution >= 4 is 12.3 Å². The van der Waals surface area contributed by atoms with Gasteiger partial charge in [-0.3, -0.25) is 0 Å². The smallest absolute Gasteiger partial charge is 0.0941 e. The van der Waals surface area contributed by atoms with Gasteiger partial charge >= 0.3 is 0 Å². The Morgan fingerprint density at radius 1 is 0.808 bits per heavy atom. The van der Waals surface area contributed by atoms with Crippen LogP contribution in [-0.4, -0.2) is 6.71 Å². The Morgan fingerprint density at radius 3 is 1.77 bits per heavy atom. The summed E-state index contributed by atoms with van der Waals surface area (Å²) in [6.07, 6.45) is 7.04. The predicted octanol–water partition coefficient (Wildman–Crippen LogP) is 8.17. The zero-order valence-electron chi connectivity index (χ0n) is 18.4. The van der Waals surface area contributed by atoms with Crippen molar-refractivity contribution in [2.24, 2.45) is 17.8 Å². The van der Waals surface area contributed by atoms with E-state index in [1.165, 1.54) is 37.7 Å². The molecule has 0 N–H and O–H groups in total. The fourth-order valence-electron chi connectivity index (χ4n) is 4.97. The summed E-state index contributed by atoms with van der Waals surface area (Å²) < 4.78 is 0. The van der Waals surface area contributed by atoms with Crippen LogP contribution >= 0.6 is 0 Å². The maximum atomic E-state index is 2.51. The van der Waals surface area contributed by atoms with Crippen LogP contribution in [0.25, 0.3) is 5.57 Å². The van der Waals surface area contributed by atoms with E-state index >= 15 is 0 Å². The van der Waals surface area contributed by atoms with E-state index in [9.17, 15) is 0 Å². The third kappa shape index (κ3) is 5.05. The van der Waals surface area contributed by atoms with Crippen LogP contribution in [-0.2, 0) is 0 Å². The van der Waals surface area contributed by atoms with Crippen LogP contribution in [0.2, 0.25) is 11.6 Å². The zero-order valence-corrected chi connectivity index (χ0v) is 18.4. The molecular weight excluding hydrogens is 311 g/mol. The van der Waals surface area contributed by atoms with E-state index < -0.39 is 0 Å². The zero-order chi connectivity index (χ0) is 19.3. The molecule has 0 radical (unpaired) electrons. The van der Waals surface area contributed by atoms with Crippen molar-refractivity contribution in [3.05, 3.63) is 41.4 Å². The lowest BCUT2D eigenvalue weighted by Crippen LogP contribution is -2.36. The van der Waals surface area contributed by atoms with Crippen molar-refractivity contribution in [1.29, 1.82) is 0 Å². The van der Waals surface area contributed by atoms with E-state index in [1.54, 1.807) is 11.0 Å². The lowest BCUT2D eigenvalue weighted by molar-refractivity contribution is 0.409. The van der Waals surface area contributed by atoms with Gasteiger partial charge in [-0.15, -0.1) is 0 Å². The Balaban J connectivity index is 2.58. The topological polar surface area (TPSA) is 0 Å². The van der Waals surface area contributed by atoms with Crippen molar-refractivity contribution in [3.8, 4) is 0 Å². The SMILES string of the molecule is C/C(=C(\B(C(C)C(C)C)C(C)C(C)C)C1CCCCC1)c1ccccc1. The summed E-state index contributed by atoms with van der Waals surface area (Å²) in [6.45, 7) is 17.8. The molecule has 1 aromatic carbocycles. The largest absolute Gasteiger partial charge is 0.177 e. The van der Waals surface area contributed by atoms with Crippen LogP contribution in [0.15, 0.2) is 35.8 Å². The molecule has 0 aliphatic heterocycles. The molecule has 2 rings (SSSR count). The third-order valence-electron chi connectivity index (χ3n) is 7.28. The number of benzene rings is 1. The molecule has 0 spiro atoms. The summed E-state index contributed by atoms with van der Waals surface area (Å²) in [5.41, 5.74) is 4.81. The Labute approximate surface area is 163 Å². The second-order valence-electron chi connectivity index (χ2n) is 9.51. The Bertz CT molecular complexity index is 549. The molecular formula is C25H41B. The van der Waals surface area contributed by atoms with Crippen LogP contribution in [0.1, 0.15) is 86.1 Å². The summed E-state index contributed by atoms with van der Waals surface area (Å²) in [5, 5.41) is 0. The van der Waals surface area contributed by atoms with Gasteiger partial charge in [0.15, 0.2) is 6.71 Å². The molecule has 144 valence electrons. The minimum absolute atomic E-state index is 0.693. The summed E-state index contributed by atoms with van der Waals surface area (Å²) in [6, 6.07) is 11.2. The molecule has 0 nitrogen and oxygen atoms in total. The minimum atomic E-state index is 0.693. The predicted molar refractivity (Wildman–Crippen MR) is 120 cm³/mol. The fraction of sp³-hybridized carbons (Fsp3) is 0.680. The fourth-order valence-corrected chi connectivity index (χ4v) is 4.97. The van der Waals surface area contributed by atoms with Gasteiger partial charge in [0, 0.05) is 0 Å². The normalized spacial score (nSPS) is 19.4. The number of allylic oxidation sites excluding steroid dienone is 2. The van der Waals surface area contributed by atoms with Crippen LogP contribution < -0.4 is 0 Å². The van der Waals surface area contributed by atoms with E-state index in [-0.39, 0.29) is 0 Å². The standard InChI is InChI=1S/C25H41B/c1-18(2)21(6)26(22(7)19(3)4)25(24-16-12-9-13-17-24)20(5)23-14-10-8-11-15-23/h8,10-11,14-15,18-19,21-22,24H,9,12-13,16-17H2,1-7H3/b25-20+. The van der Waals surface area contributed by atoms with Crippen molar-refractivity contribution in [1.82, 2.24) is 0 Å². The number of hydrogen-bond donors (Lipinski definition) is 0. The maximum absolute atomic E-state index is 2.51. The first-order valence-corrected chi connectivity index (χ1v) is 11.1. The molecule has 1 aliphatic carbocycles. The Kier molecular flexibility index (Phi) is 8.05. The molecule has 0 saturated heterocycles. The van der Waals surface area contributed by atoms with Gasteiger partial charge in [0.25, 0.3) is 0 Å². The molecule has 1 aromatic rings. The second-order valence-corrected chi connectivity index (χ2v) is 9.51. The van der Waals surface area contributed by atoms with E-state index in [1.807, 2.05) is 0 Å². The van der Waals surface area contributed by atoms with E-state index in [2.05, 4.69) is 78.8 Å². The van der Waals surface area contributed by atoms with Crippen LogP contribution in [0, 0.1) is 17.8 Å². The van der Waals surface area contributed by atoms with Gasteiger partial charge in [-0.05, 0) is 31.2 Å². The van der Waals surface area contributed by atoms with Gasteiger partial charge < -0.3 is 0 Å². The average molecular weight is 352 g/mol. The maximum Gasteiger partial charge on any atom is 0.177 e. The van der Waals surface area contributed by atoms with E-state index in [4.69, 9.17) is 0 Å². The second kappa shape index (κ2) is 9.81. The summed E-state index contributed by atoms with van der Waals surface area (Å²) in [7, 11) is 0. The quantitative estimate of drug-likeness (QED) is 0.434. The first kappa shape index (κ1) is 21.3. The lowest BCUT2D eigenvalue weighted by atomic mass is 9.25. The van der Waals surface area contributed by atoms with Gasteiger partial charge in [-0.2, -0.15) is 0 Å². The van der Waals surface area contributed by atoms with Crippen LogP contribution in [0.4, 0.5) is 0 Å². The molecule has 2 unspecified atom stereocenters. The average Bonchev–Trinajstić information content (AvgIpc) is 2.65. The minimum Gasteiger partial charge on any atom is -0.0941 e.